The maximum atomic E-state index is 14.7. The third-order valence-electron chi connectivity index (χ3n) is 8.58. The first-order valence-electron chi connectivity index (χ1n) is 15.8. The maximum Gasteiger partial charge on any atom is 0.264 e. The second-order valence-corrected chi connectivity index (χ2v) is 14.6. The number of carbonyl (C=O) groups excluding carboxylic acids is 2. The number of nitrogens with one attached hydrogen (secondary N) is 1. The molecule has 0 aromatic heterocycles. The van der Waals surface area contributed by atoms with E-state index in [1.54, 1.807) is 61.5 Å². The fraction of sp³-hybridized carbons (Fsp3) is 0.297. The van der Waals surface area contributed by atoms with E-state index in [1.165, 1.54) is 17.0 Å². The van der Waals surface area contributed by atoms with E-state index >= 15 is 0 Å². The van der Waals surface area contributed by atoms with Crippen molar-refractivity contribution < 1.29 is 18.0 Å². The molecule has 1 atom stereocenters. The number of hydrogen-bond acceptors (Lipinski definition) is 4. The second-order valence-electron chi connectivity index (χ2n) is 11.9. The molecule has 47 heavy (non-hydrogen) atoms. The Morgan fingerprint density at radius 2 is 1.47 bits per heavy atom. The highest BCUT2D eigenvalue weighted by atomic mass is 35.5. The van der Waals surface area contributed by atoms with Gasteiger partial charge in [-0.2, -0.15) is 0 Å². The minimum absolute atomic E-state index is 0.0155. The van der Waals surface area contributed by atoms with Gasteiger partial charge in [-0.05, 0) is 72.9 Å². The fourth-order valence-electron chi connectivity index (χ4n) is 6.03. The van der Waals surface area contributed by atoms with Crippen LogP contribution in [0.2, 0.25) is 10.0 Å². The monoisotopic (exact) mass is 691 g/mol. The zero-order valence-corrected chi connectivity index (χ0v) is 28.6. The molecule has 0 unspecified atom stereocenters. The van der Waals surface area contributed by atoms with Gasteiger partial charge in [0.1, 0.15) is 12.6 Å². The van der Waals surface area contributed by atoms with Crippen LogP contribution in [0.15, 0.2) is 108 Å². The summed E-state index contributed by atoms with van der Waals surface area (Å²) in [6.07, 6.45) is 5.20. The van der Waals surface area contributed by atoms with Gasteiger partial charge in [0.15, 0.2) is 0 Å². The molecule has 0 spiro atoms. The molecule has 7 nitrogen and oxygen atoms in total. The number of carbonyl (C=O) groups is 2. The van der Waals surface area contributed by atoms with Gasteiger partial charge in [-0.25, -0.2) is 8.42 Å². The van der Waals surface area contributed by atoms with Gasteiger partial charge < -0.3 is 10.2 Å². The molecule has 1 aliphatic carbocycles. The topological polar surface area (TPSA) is 86.8 Å². The average Bonchev–Trinajstić information content (AvgIpc) is 3.08. The van der Waals surface area contributed by atoms with E-state index in [4.69, 9.17) is 23.2 Å². The van der Waals surface area contributed by atoms with Crippen molar-refractivity contribution in [2.24, 2.45) is 0 Å². The summed E-state index contributed by atoms with van der Waals surface area (Å²) in [7, 11) is -4.22. The first-order valence-corrected chi connectivity index (χ1v) is 18.0. The zero-order valence-electron chi connectivity index (χ0n) is 26.3. The van der Waals surface area contributed by atoms with E-state index in [9.17, 15) is 18.0 Å². The van der Waals surface area contributed by atoms with Crippen LogP contribution in [0.25, 0.3) is 0 Å². The molecule has 5 rings (SSSR count). The Labute approximate surface area is 287 Å². The van der Waals surface area contributed by atoms with Crippen LogP contribution in [0, 0.1) is 6.92 Å². The smallest absolute Gasteiger partial charge is 0.264 e. The molecule has 1 fully saturated rings. The molecule has 1 saturated carbocycles. The Morgan fingerprint density at radius 1 is 0.830 bits per heavy atom. The Balaban J connectivity index is 1.58. The van der Waals surface area contributed by atoms with Crippen molar-refractivity contribution in [3.8, 4) is 0 Å². The molecule has 0 saturated heterocycles. The van der Waals surface area contributed by atoms with Crippen LogP contribution in [0.3, 0.4) is 0 Å². The molecule has 0 radical (unpaired) electrons. The van der Waals surface area contributed by atoms with E-state index in [-0.39, 0.29) is 35.5 Å². The third-order valence-corrected chi connectivity index (χ3v) is 11.0. The number of hydrogen-bond donors (Lipinski definition) is 1. The molecular formula is C37H39Cl2N3O4S. The van der Waals surface area contributed by atoms with Crippen LogP contribution in [-0.2, 0) is 32.6 Å². The third kappa shape index (κ3) is 8.74. The first-order chi connectivity index (χ1) is 22.6. The van der Waals surface area contributed by atoms with Gasteiger partial charge in [0.05, 0.1) is 10.6 Å². The fourth-order valence-corrected chi connectivity index (χ4v) is 7.90. The normalized spacial score (nSPS) is 14.3. The molecule has 246 valence electrons. The Morgan fingerprint density at radius 3 is 2.15 bits per heavy atom. The van der Waals surface area contributed by atoms with Gasteiger partial charge in [0.25, 0.3) is 10.0 Å². The van der Waals surface area contributed by atoms with Gasteiger partial charge in [-0.3, -0.25) is 13.9 Å². The van der Waals surface area contributed by atoms with Gasteiger partial charge >= 0.3 is 0 Å². The van der Waals surface area contributed by atoms with Crippen molar-refractivity contribution in [2.45, 2.75) is 69.0 Å². The first kappa shape index (κ1) is 34.5. The van der Waals surface area contributed by atoms with Crippen molar-refractivity contribution in [3.63, 3.8) is 0 Å². The van der Waals surface area contributed by atoms with Gasteiger partial charge in [0.2, 0.25) is 11.8 Å². The second kappa shape index (κ2) is 15.8. The Bertz CT molecular complexity index is 1780. The van der Waals surface area contributed by atoms with Crippen LogP contribution in [0.1, 0.15) is 48.8 Å². The van der Waals surface area contributed by atoms with Crippen LogP contribution in [0.5, 0.6) is 0 Å². The number of anilines is 1. The Hall–Kier alpha value is -3.85. The highest BCUT2D eigenvalue weighted by Crippen LogP contribution is 2.31. The number of rotatable bonds is 12. The van der Waals surface area contributed by atoms with E-state index in [0.717, 1.165) is 42.0 Å². The highest BCUT2D eigenvalue weighted by Gasteiger charge is 2.36. The van der Waals surface area contributed by atoms with Crippen molar-refractivity contribution in [3.05, 3.63) is 130 Å². The zero-order chi connectivity index (χ0) is 33.4. The van der Waals surface area contributed by atoms with Crippen LogP contribution in [-0.4, -0.2) is 43.8 Å². The molecule has 1 N–H and O–H groups in total. The largest absolute Gasteiger partial charge is 0.352 e. The van der Waals surface area contributed by atoms with Crippen molar-refractivity contribution in [2.75, 3.05) is 10.8 Å². The lowest BCUT2D eigenvalue weighted by atomic mass is 9.94. The molecule has 0 heterocycles. The summed E-state index contributed by atoms with van der Waals surface area (Å²) in [5, 5.41) is 4.08. The molecule has 1 aliphatic rings. The lowest BCUT2D eigenvalue weighted by molar-refractivity contribution is -0.140. The predicted octanol–water partition coefficient (Wildman–Crippen LogP) is 7.59. The molecule has 0 aliphatic heterocycles. The number of halogens is 2. The minimum atomic E-state index is -4.22. The van der Waals surface area contributed by atoms with Crippen molar-refractivity contribution in [1.29, 1.82) is 0 Å². The van der Waals surface area contributed by atoms with Crippen LogP contribution in [0.4, 0.5) is 5.69 Å². The number of sulfonamides is 1. The summed E-state index contributed by atoms with van der Waals surface area (Å²) in [5.41, 5.74) is 2.38. The highest BCUT2D eigenvalue weighted by molar-refractivity contribution is 7.92. The van der Waals surface area contributed by atoms with E-state index < -0.39 is 28.5 Å². The van der Waals surface area contributed by atoms with Gasteiger partial charge in [0, 0.05) is 29.1 Å². The standard InChI is InChI=1S/C37H39Cl2N3O4S/c1-27-33(39)21-12-22-34(27)42(47(45,46)32-19-9-4-10-20-32)26-36(43)41(25-29-15-11-16-30(38)23-29)35(24-28-13-5-2-6-14-28)37(44)40-31-17-7-3-8-18-31/h2,4-6,9-16,19-23,31,35H,3,7-8,17-18,24-26H2,1H3,(H,40,44)/t35-/m1/s1. The number of nitrogens with zero attached hydrogens (tertiary/aromatic N) is 2. The van der Waals surface area contributed by atoms with Crippen LogP contribution < -0.4 is 9.62 Å². The summed E-state index contributed by atoms with van der Waals surface area (Å²) in [6, 6.07) is 28.7. The number of amides is 2. The molecule has 4 aromatic carbocycles. The van der Waals surface area contributed by atoms with Crippen molar-refractivity contribution >= 4 is 50.7 Å². The quantitative estimate of drug-likeness (QED) is 0.166. The van der Waals surface area contributed by atoms with Crippen LogP contribution >= 0.6 is 23.2 Å². The maximum absolute atomic E-state index is 14.7. The lowest BCUT2D eigenvalue weighted by Gasteiger charge is -2.35. The van der Waals surface area contributed by atoms with E-state index in [1.807, 2.05) is 36.4 Å². The summed E-state index contributed by atoms with van der Waals surface area (Å²) in [5.74, 6) is -0.809. The molecule has 10 heteroatoms. The minimum Gasteiger partial charge on any atom is -0.352 e. The average molecular weight is 693 g/mol. The summed E-state index contributed by atoms with van der Waals surface area (Å²) in [6.45, 7) is 1.21. The van der Waals surface area contributed by atoms with Gasteiger partial charge in [-0.15, -0.1) is 0 Å². The lowest BCUT2D eigenvalue weighted by Crippen LogP contribution is -2.55. The van der Waals surface area contributed by atoms with Crippen molar-refractivity contribution in [1.82, 2.24) is 10.2 Å². The Kier molecular flexibility index (Phi) is 11.6. The number of benzene rings is 4. The molecule has 0 bridgehead atoms. The molecule has 4 aromatic rings. The molecular weight excluding hydrogens is 653 g/mol. The van der Waals surface area contributed by atoms with Gasteiger partial charge in [-0.1, -0.05) is 109 Å². The van der Waals surface area contributed by atoms with E-state index in [2.05, 4.69) is 5.32 Å². The SMILES string of the molecule is Cc1c(Cl)cccc1N(CC(=O)N(Cc1cccc(Cl)c1)[C@H](Cc1ccccc1)C(=O)NC1CCCCC1)S(=O)(=O)c1ccccc1. The van der Waals surface area contributed by atoms with E-state index in [0.29, 0.717) is 21.2 Å². The summed E-state index contributed by atoms with van der Waals surface area (Å²) >= 11 is 12.8. The summed E-state index contributed by atoms with van der Waals surface area (Å²) in [4.78, 5) is 30.4. The molecule has 2 amide bonds. The summed E-state index contributed by atoms with van der Waals surface area (Å²) < 4.78 is 29.6. The predicted molar refractivity (Wildman–Crippen MR) is 188 cm³/mol.